The Morgan fingerprint density at radius 2 is 2.00 bits per heavy atom. The standard InChI is InChI=1S/C13H18N2S/c16-13(14-10-4-5-11-8-9-11)15-12-6-2-1-3-7-12/h1-3,6-7,11H,4-5,8-10H2,(H2,14,15,16). The Hall–Kier alpha value is -1.09. The first-order chi connectivity index (χ1) is 7.84. The van der Waals surface area contributed by atoms with Crippen molar-refractivity contribution in [2.75, 3.05) is 11.9 Å². The van der Waals surface area contributed by atoms with Crippen molar-refractivity contribution in [3.8, 4) is 0 Å². The fourth-order valence-electron chi connectivity index (χ4n) is 1.70. The van der Waals surface area contributed by atoms with Crippen molar-refractivity contribution in [2.45, 2.75) is 25.7 Å². The Morgan fingerprint density at radius 3 is 2.69 bits per heavy atom. The van der Waals surface area contributed by atoms with E-state index in [1.165, 1.54) is 25.7 Å². The van der Waals surface area contributed by atoms with Crippen LogP contribution >= 0.6 is 12.2 Å². The van der Waals surface area contributed by atoms with Gasteiger partial charge < -0.3 is 10.6 Å². The smallest absolute Gasteiger partial charge is 0.170 e. The van der Waals surface area contributed by atoms with E-state index in [2.05, 4.69) is 10.6 Å². The summed E-state index contributed by atoms with van der Waals surface area (Å²) in [5.41, 5.74) is 1.04. The van der Waals surface area contributed by atoms with E-state index in [1.807, 2.05) is 30.3 Å². The molecule has 1 fully saturated rings. The Bertz CT molecular complexity index is 333. The molecule has 1 aliphatic rings. The summed E-state index contributed by atoms with van der Waals surface area (Å²) >= 11 is 5.21. The van der Waals surface area contributed by atoms with Crippen LogP contribution in [0.3, 0.4) is 0 Å². The average Bonchev–Trinajstić information content (AvgIpc) is 3.10. The van der Waals surface area contributed by atoms with Gasteiger partial charge in [0.15, 0.2) is 5.11 Å². The fourth-order valence-corrected chi connectivity index (χ4v) is 1.92. The Balaban J connectivity index is 1.60. The number of anilines is 1. The topological polar surface area (TPSA) is 24.1 Å². The van der Waals surface area contributed by atoms with E-state index < -0.39 is 0 Å². The molecular formula is C13H18N2S. The molecule has 0 spiro atoms. The van der Waals surface area contributed by atoms with Crippen LogP contribution in [0.2, 0.25) is 0 Å². The summed E-state index contributed by atoms with van der Waals surface area (Å²) in [4.78, 5) is 0. The van der Waals surface area contributed by atoms with Gasteiger partial charge in [-0.3, -0.25) is 0 Å². The zero-order valence-electron chi connectivity index (χ0n) is 9.41. The third kappa shape index (κ3) is 4.19. The predicted octanol–water partition coefficient (Wildman–Crippen LogP) is 3.16. The SMILES string of the molecule is S=C(NCCCC1CC1)Nc1ccccc1. The lowest BCUT2D eigenvalue weighted by molar-refractivity contribution is 0.654. The highest BCUT2D eigenvalue weighted by atomic mass is 32.1. The van der Waals surface area contributed by atoms with Crippen molar-refractivity contribution < 1.29 is 0 Å². The number of hydrogen-bond donors (Lipinski definition) is 2. The summed E-state index contributed by atoms with van der Waals surface area (Å²) in [5.74, 6) is 1.01. The molecule has 1 aliphatic carbocycles. The van der Waals surface area contributed by atoms with E-state index in [-0.39, 0.29) is 0 Å². The number of rotatable bonds is 5. The van der Waals surface area contributed by atoms with E-state index in [0.29, 0.717) is 0 Å². The quantitative estimate of drug-likeness (QED) is 0.604. The first-order valence-corrected chi connectivity index (χ1v) is 6.35. The molecular weight excluding hydrogens is 216 g/mol. The number of thiocarbonyl (C=S) groups is 1. The second kappa shape index (κ2) is 5.85. The van der Waals surface area contributed by atoms with Crippen LogP contribution in [0, 0.1) is 5.92 Å². The zero-order chi connectivity index (χ0) is 11.2. The number of para-hydroxylation sites is 1. The maximum Gasteiger partial charge on any atom is 0.170 e. The molecule has 0 atom stereocenters. The Labute approximate surface area is 102 Å². The monoisotopic (exact) mass is 234 g/mol. The molecule has 1 saturated carbocycles. The third-order valence-corrected chi connectivity index (χ3v) is 3.05. The van der Waals surface area contributed by atoms with Gasteiger partial charge in [-0.25, -0.2) is 0 Å². The Kier molecular flexibility index (Phi) is 4.17. The van der Waals surface area contributed by atoms with Crippen LogP contribution in [0.1, 0.15) is 25.7 Å². The molecule has 16 heavy (non-hydrogen) atoms. The van der Waals surface area contributed by atoms with E-state index in [4.69, 9.17) is 12.2 Å². The van der Waals surface area contributed by atoms with E-state index in [9.17, 15) is 0 Å². The molecule has 0 aliphatic heterocycles. The third-order valence-electron chi connectivity index (χ3n) is 2.80. The number of nitrogens with one attached hydrogen (secondary N) is 2. The van der Waals surface area contributed by atoms with E-state index in [1.54, 1.807) is 0 Å². The molecule has 0 saturated heterocycles. The van der Waals surface area contributed by atoms with Crippen LogP contribution in [0.25, 0.3) is 0 Å². The van der Waals surface area contributed by atoms with Crippen molar-refractivity contribution in [2.24, 2.45) is 5.92 Å². The molecule has 2 nitrogen and oxygen atoms in total. The molecule has 1 aromatic carbocycles. The first-order valence-electron chi connectivity index (χ1n) is 5.94. The number of benzene rings is 1. The maximum absolute atomic E-state index is 5.21. The van der Waals surface area contributed by atoms with Crippen LogP contribution in [-0.2, 0) is 0 Å². The normalized spacial score (nSPS) is 14.5. The molecule has 3 heteroatoms. The van der Waals surface area contributed by atoms with Gasteiger partial charge in [-0.2, -0.15) is 0 Å². The van der Waals surface area contributed by atoms with Gasteiger partial charge in [-0.1, -0.05) is 31.0 Å². The molecule has 0 aromatic heterocycles. The van der Waals surface area contributed by atoms with Gasteiger partial charge in [0, 0.05) is 12.2 Å². The summed E-state index contributed by atoms with van der Waals surface area (Å²) in [7, 11) is 0. The minimum atomic E-state index is 0.724. The van der Waals surface area contributed by atoms with Crippen molar-refractivity contribution in [1.82, 2.24) is 5.32 Å². The van der Waals surface area contributed by atoms with E-state index >= 15 is 0 Å². The summed E-state index contributed by atoms with van der Waals surface area (Å²) in [5, 5.41) is 7.12. The highest BCUT2D eigenvalue weighted by Crippen LogP contribution is 2.33. The van der Waals surface area contributed by atoms with Crippen LogP contribution < -0.4 is 10.6 Å². The maximum atomic E-state index is 5.21. The average molecular weight is 234 g/mol. The molecule has 0 amide bonds. The lowest BCUT2D eigenvalue weighted by atomic mass is 10.2. The molecule has 1 aromatic rings. The Morgan fingerprint density at radius 1 is 1.25 bits per heavy atom. The molecule has 86 valence electrons. The lowest BCUT2D eigenvalue weighted by Gasteiger charge is -2.09. The highest BCUT2D eigenvalue weighted by molar-refractivity contribution is 7.80. The lowest BCUT2D eigenvalue weighted by Crippen LogP contribution is -2.29. The van der Waals surface area contributed by atoms with Crippen molar-refractivity contribution in [1.29, 1.82) is 0 Å². The van der Waals surface area contributed by atoms with Crippen LogP contribution in [0.15, 0.2) is 30.3 Å². The molecule has 2 N–H and O–H groups in total. The van der Waals surface area contributed by atoms with Crippen LogP contribution in [-0.4, -0.2) is 11.7 Å². The second-order valence-corrected chi connectivity index (χ2v) is 4.74. The molecule has 0 bridgehead atoms. The molecule has 2 rings (SSSR count). The van der Waals surface area contributed by atoms with E-state index in [0.717, 1.165) is 23.3 Å². The minimum absolute atomic E-state index is 0.724. The van der Waals surface area contributed by atoms with Crippen LogP contribution in [0.4, 0.5) is 5.69 Å². The van der Waals surface area contributed by atoms with Gasteiger partial charge in [0.2, 0.25) is 0 Å². The molecule has 0 unspecified atom stereocenters. The second-order valence-electron chi connectivity index (χ2n) is 4.33. The first kappa shape index (κ1) is 11.4. The number of hydrogen-bond acceptors (Lipinski definition) is 1. The summed E-state index contributed by atoms with van der Waals surface area (Å²) in [6.45, 7) is 0.981. The van der Waals surface area contributed by atoms with Gasteiger partial charge in [-0.15, -0.1) is 0 Å². The highest BCUT2D eigenvalue weighted by Gasteiger charge is 2.19. The van der Waals surface area contributed by atoms with Gasteiger partial charge in [-0.05, 0) is 43.1 Å². The van der Waals surface area contributed by atoms with Gasteiger partial charge in [0.25, 0.3) is 0 Å². The summed E-state index contributed by atoms with van der Waals surface area (Å²) in [6, 6.07) is 10.0. The molecule has 0 heterocycles. The fraction of sp³-hybridized carbons (Fsp3) is 0.462. The zero-order valence-corrected chi connectivity index (χ0v) is 10.2. The minimum Gasteiger partial charge on any atom is -0.362 e. The van der Waals surface area contributed by atoms with Crippen LogP contribution in [0.5, 0.6) is 0 Å². The van der Waals surface area contributed by atoms with Crippen molar-refractivity contribution in [3.63, 3.8) is 0 Å². The summed E-state index contributed by atoms with van der Waals surface area (Å²) in [6.07, 6.45) is 5.45. The molecule has 0 radical (unpaired) electrons. The predicted molar refractivity (Wildman–Crippen MR) is 72.6 cm³/mol. The van der Waals surface area contributed by atoms with Crippen molar-refractivity contribution in [3.05, 3.63) is 30.3 Å². The summed E-state index contributed by atoms with van der Waals surface area (Å²) < 4.78 is 0. The van der Waals surface area contributed by atoms with Crippen molar-refractivity contribution >= 4 is 23.0 Å². The van der Waals surface area contributed by atoms with Gasteiger partial charge in [0.1, 0.15) is 0 Å². The van der Waals surface area contributed by atoms with Gasteiger partial charge in [0.05, 0.1) is 0 Å². The van der Waals surface area contributed by atoms with Gasteiger partial charge >= 0.3 is 0 Å². The largest absolute Gasteiger partial charge is 0.362 e.